The minimum atomic E-state index is -3.75. The van der Waals surface area contributed by atoms with Crippen LogP contribution in [0.3, 0.4) is 0 Å². The first-order valence-electron chi connectivity index (χ1n) is 9.09. The van der Waals surface area contributed by atoms with Crippen molar-refractivity contribution in [3.8, 4) is 5.75 Å². The maximum absolute atomic E-state index is 12.8. The number of benzene rings is 2. The molecule has 1 N–H and O–H groups in total. The zero-order valence-electron chi connectivity index (χ0n) is 15.8. The van der Waals surface area contributed by atoms with Crippen LogP contribution in [0.4, 0.5) is 0 Å². The molecule has 2 aromatic rings. The van der Waals surface area contributed by atoms with Crippen molar-refractivity contribution in [1.82, 2.24) is 9.62 Å². The van der Waals surface area contributed by atoms with Gasteiger partial charge in [-0.2, -0.15) is 0 Å². The number of sulfonamides is 1. The summed E-state index contributed by atoms with van der Waals surface area (Å²) in [5, 5.41) is 0.0962. The Morgan fingerprint density at radius 3 is 2.50 bits per heavy atom. The molecule has 1 saturated carbocycles. The van der Waals surface area contributed by atoms with Gasteiger partial charge in [-0.15, -0.1) is 0 Å². The summed E-state index contributed by atoms with van der Waals surface area (Å²) in [6, 6.07) is 11.8. The van der Waals surface area contributed by atoms with Crippen LogP contribution in [-0.4, -0.2) is 38.9 Å². The Bertz CT molecular complexity index is 957. The lowest BCUT2D eigenvalue weighted by Gasteiger charge is -2.18. The van der Waals surface area contributed by atoms with E-state index in [0.717, 1.165) is 24.2 Å². The van der Waals surface area contributed by atoms with Crippen LogP contribution >= 0.6 is 11.6 Å². The quantitative estimate of drug-likeness (QED) is 0.706. The summed E-state index contributed by atoms with van der Waals surface area (Å²) in [6.07, 6.45) is 1.64. The Morgan fingerprint density at radius 2 is 1.89 bits per heavy atom. The Hall–Kier alpha value is -2.09. The molecule has 6 nitrogen and oxygen atoms in total. The summed E-state index contributed by atoms with van der Waals surface area (Å²) in [4.78, 5) is 14.2. The second-order valence-electron chi connectivity index (χ2n) is 6.78. The molecule has 1 aliphatic rings. The summed E-state index contributed by atoms with van der Waals surface area (Å²) in [5.41, 5.74) is 1.21. The van der Waals surface area contributed by atoms with Crippen LogP contribution in [0.25, 0.3) is 0 Å². The summed E-state index contributed by atoms with van der Waals surface area (Å²) >= 11 is 6.08. The average Bonchev–Trinajstić information content (AvgIpc) is 3.46. The maximum atomic E-state index is 12.8. The fourth-order valence-corrected chi connectivity index (χ4v) is 4.58. The predicted octanol–water partition coefficient (Wildman–Crippen LogP) is 3.45. The second-order valence-corrected chi connectivity index (χ2v) is 8.87. The van der Waals surface area contributed by atoms with Crippen LogP contribution in [-0.2, 0) is 16.6 Å². The minimum absolute atomic E-state index is 0.0391. The maximum Gasteiger partial charge on any atom is 0.253 e. The molecule has 1 fully saturated rings. The van der Waals surface area contributed by atoms with Gasteiger partial charge in [0.1, 0.15) is 10.6 Å². The molecular weight excluding hydrogens is 400 g/mol. The van der Waals surface area contributed by atoms with Crippen molar-refractivity contribution in [3.05, 3.63) is 58.6 Å². The van der Waals surface area contributed by atoms with Gasteiger partial charge in [-0.1, -0.05) is 23.7 Å². The molecule has 1 aliphatic carbocycles. The minimum Gasteiger partial charge on any atom is -0.494 e. The number of ether oxygens (including phenoxy) is 1. The Kier molecular flexibility index (Phi) is 6.27. The van der Waals surface area contributed by atoms with Crippen molar-refractivity contribution in [1.29, 1.82) is 0 Å². The highest BCUT2D eigenvalue weighted by molar-refractivity contribution is 7.89. The van der Waals surface area contributed by atoms with Gasteiger partial charge >= 0.3 is 0 Å². The standard InChI is InChI=1S/C20H23ClN2O4S/c1-3-27-17-9-4-14(5-10-17)13-23(2)20(24)15-6-11-18(21)19(12-15)28(25,26)22-16-7-8-16/h4-6,9-12,16,22H,3,7-8,13H2,1-2H3. The van der Waals surface area contributed by atoms with E-state index in [1.807, 2.05) is 31.2 Å². The van der Waals surface area contributed by atoms with Gasteiger partial charge < -0.3 is 9.64 Å². The van der Waals surface area contributed by atoms with Crippen molar-refractivity contribution in [2.45, 2.75) is 37.2 Å². The Morgan fingerprint density at radius 1 is 1.21 bits per heavy atom. The third kappa shape index (κ3) is 5.04. The number of nitrogens with zero attached hydrogens (tertiary/aromatic N) is 1. The fraction of sp³-hybridized carbons (Fsp3) is 0.350. The molecule has 0 aromatic heterocycles. The van der Waals surface area contributed by atoms with Crippen LogP contribution in [0.2, 0.25) is 5.02 Å². The highest BCUT2D eigenvalue weighted by Gasteiger charge is 2.30. The molecule has 0 atom stereocenters. The molecule has 2 aromatic carbocycles. The summed E-state index contributed by atoms with van der Waals surface area (Å²) in [5.74, 6) is 0.490. The van der Waals surface area contributed by atoms with Gasteiger partial charge in [0.15, 0.2) is 0 Å². The molecule has 0 saturated heterocycles. The van der Waals surface area contributed by atoms with Crippen LogP contribution in [0.15, 0.2) is 47.4 Å². The Balaban J connectivity index is 1.75. The highest BCUT2D eigenvalue weighted by Crippen LogP contribution is 2.27. The number of carbonyl (C=O) groups excluding carboxylic acids is 1. The van der Waals surface area contributed by atoms with E-state index in [1.54, 1.807) is 7.05 Å². The van der Waals surface area contributed by atoms with E-state index in [4.69, 9.17) is 16.3 Å². The molecular formula is C20H23ClN2O4S. The summed E-state index contributed by atoms with van der Waals surface area (Å²) in [6.45, 7) is 2.90. The monoisotopic (exact) mass is 422 g/mol. The molecule has 8 heteroatoms. The lowest BCUT2D eigenvalue weighted by molar-refractivity contribution is 0.0785. The first kappa shape index (κ1) is 20.6. The van der Waals surface area contributed by atoms with Gasteiger partial charge in [-0.05, 0) is 55.7 Å². The average molecular weight is 423 g/mol. The number of hydrogen-bond acceptors (Lipinski definition) is 4. The number of halogens is 1. The largest absolute Gasteiger partial charge is 0.494 e. The molecule has 28 heavy (non-hydrogen) atoms. The van der Waals surface area contributed by atoms with Crippen molar-refractivity contribution in [2.24, 2.45) is 0 Å². The van der Waals surface area contributed by atoms with Crippen LogP contribution in [0.1, 0.15) is 35.7 Å². The number of hydrogen-bond donors (Lipinski definition) is 1. The van der Waals surface area contributed by atoms with Crippen LogP contribution in [0, 0.1) is 0 Å². The second kappa shape index (κ2) is 8.51. The van der Waals surface area contributed by atoms with Gasteiger partial charge in [0.2, 0.25) is 10.0 Å². The van der Waals surface area contributed by atoms with Crippen molar-refractivity contribution in [3.63, 3.8) is 0 Å². The summed E-state index contributed by atoms with van der Waals surface area (Å²) in [7, 11) is -2.07. The normalized spacial score (nSPS) is 14.0. The van der Waals surface area contributed by atoms with Gasteiger partial charge in [0.05, 0.1) is 11.6 Å². The van der Waals surface area contributed by atoms with E-state index in [9.17, 15) is 13.2 Å². The summed E-state index contributed by atoms with van der Waals surface area (Å²) < 4.78 is 33.0. The fourth-order valence-electron chi connectivity index (χ4n) is 2.75. The third-order valence-corrected chi connectivity index (χ3v) is 6.37. The van der Waals surface area contributed by atoms with Gasteiger partial charge in [-0.3, -0.25) is 4.79 Å². The van der Waals surface area contributed by atoms with E-state index >= 15 is 0 Å². The van der Waals surface area contributed by atoms with Crippen LogP contribution < -0.4 is 9.46 Å². The lowest BCUT2D eigenvalue weighted by atomic mass is 10.1. The number of carbonyl (C=O) groups is 1. The van der Waals surface area contributed by atoms with Crippen molar-refractivity contribution >= 4 is 27.5 Å². The van der Waals surface area contributed by atoms with Crippen molar-refractivity contribution < 1.29 is 17.9 Å². The van der Waals surface area contributed by atoms with E-state index in [0.29, 0.717) is 13.2 Å². The van der Waals surface area contributed by atoms with E-state index in [-0.39, 0.29) is 27.4 Å². The van der Waals surface area contributed by atoms with Crippen molar-refractivity contribution in [2.75, 3.05) is 13.7 Å². The van der Waals surface area contributed by atoms with E-state index in [2.05, 4.69) is 4.72 Å². The number of amides is 1. The van der Waals surface area contributed by atoms with Crippen LogP contribution in [0.5, 0.6) is 5.75 Å². The first-order chi connectivity index (χ1) is 13.3. The van der Waals surface area contributed by atoms with Gasteiger partial charge in [0, 0.05) is 25.2 Å². The van der Waals surface area contributed by atoms with Gasteiger partial charge in [0.25, 0.3) is 5.91 Å². The first-order valence-corrected chi connectivity index (χ1v) is 11.0. The molecule has 0 bridgehead atoms. The molecule has 0 heterocycles. The smallest absolute Gasteiger partial charge is 0.253 e. The number of nitrogens with one attached hydrogen (secondary N) is 1. The molecule has 0 spiro atoms. The zero-order chi connectivity index (χ0) is 20.3. The molecule has 1 amide bonds. The predicted molar refractivity (Wildman–Crippen MR) is 108 cm³/mol. The SMILES string of the molecule is CCOc1ccc(CN(C)C(=O)c2ccc(Cl)c(S(=O)(=O)NC3CC3)c2)cc1. The molecule has 150 valence electrons. The topological polar surface area (TPSA) is 75.7 Å². The Labute approximate surface area is 170 Å². The third-order valence-electron chi connectivity index (χ3n) is 4.37. The molecule has 0 unspecified atom stereocenters. The van der Waals surface area contributed by atoms with Gasteiger partial charge in [-0.25, -0.2) is 13.1 Å². The number of rotatable bonds is 8. The lowest BCUT2D eigenvalue weighted by Crippen LogP contribution is -2.28. The molecule has 0 radical (unpaired) electrons. The molecule has 0 aliphatic heterocycles. The highest BCUT2D eigenvalue weighted by atomic mass is 35.5. The van der Waals surface area contributed by atoms with E-state index < -0.39 is 10.0 Å². The van der Waals surface area contributed by atoms with E-state index in [1.165, 1.54) is 23.1 Å². The zero-order valence-corrected chi connectivity index (χ0v) is 17.4. The molecule has 3 rings (SSSR count).